The number of aromatic nitrogens is 3. The summed E-state index contributed by atoms with van der Waals surface area (Å²) in [5, 5.41) is 10.1. The predicted octanol–water partition coefficient (Wildman–Crippen LogP) is 3.68. The number of nitrogens with one attached hydrogen (secondary N) is 2. The zero-order chi connectivity index (χ0) is 18.8. The van der Waals surface area contributed by atoms with E-state index in [9.17, 15) is 9.59 Å². The lowest BCUT2D eigenvalue weighted by atomic mass is 10.2. The Kier molecular flexibility index (Phi) is 8.34. The zero-order valence-electron chi connectivity index (χ0n) is 15.3. The minimum absolute atomic E-state index is 0.108. The van der Waals surface area contributed by atoms with Gasteiger partial charge < -0.3 is 5.32 Å². The van der Waals surface area contributed by atoms with E-state index in [0.29, 0.717) is 12.2 Å². The van der Waals surface area contributed by atoms with E-state index in [2.05, 4.69) is 20.5 Å². The molecule has 7 heteroatoms. The predicted molar refractivity (Wildman–Crippen MR) is 105 cm³/mol. The number of aromatic amines is 1. The van der Waals surface area contributed by atoms with Crippen molar-refractivity contribution in [3.8, 4) is 11.3 Å². The van der Waals surface area contributed by atoms with Gasteiger partial charge in [-0.05, 0) is 31.0 Å². The molecule has 1 amide bonds. The van der Waals surface area contributed by atoms with Crippen LogP contribution in [-0.4, -0.2) is 38.5 Å². The molecule has 0 saturated carbocycles. The number of H-pyrrole nitrogens is 1. The van der Waals surface area contributed by atoms with Gasteiger partial charge in [-0.3, -0.25) is 19.7 Å². The molecule has 0 fully saturated rings. The second-order valence-corrected chi connectivity index (χ2v) is 7.49. The summed E-state index contributed by atoms with van der Waals surface area (Å²) in [6.07, 6.45) is 7.47. The Balaban J connectivity index is 1.60. The standard InChI is InChI=1S/C19H26N4O2S/c1-14(2)19(25)26-12-6-4-3-5-9-21-18(24)17-13-16(22-23-17)15-7-10-20-11-8-15/h7-8,10-11,13-14H,3-6,9,12H2,1-2H3,(H,21,24)(H,22,23). The number of hydrogen-bond acceptors (Lipinski definition) is 5. The van der Waals surface area contributed by atoms with Gasteiger partial charge in [-0.15, -0.1) is 0 Å². The Morgan fingerprint density at radius 3 is 2.62 bits per heavy atom. The zero-order valence-corrected chi connectivity index (χ0v) is 16.1. The second kappa shape index (κ2) is 10.8. The van der Waals surface area contributed by atoms with E-state index in [-0.39, 0.29) is 16.9 Å². The quantitative estimate of drug-likeness (QED) is 0.620. The van der Waals surface area contributed by atoms with E-state index in [0.717, 1.165) is 42.7 Å². The number of carbonyl (C=O) groups is 2. The summed E-state index contributed by atoms with van der Waals surface area (Å²) in [6, 6.07) is 5.45. The van der Waals surface area contributed by atoms with E-state index < -0.39 is 0 Å². The van der Waals surface area contributed by atoms with Crippen molar-refractivity contribution in [1.82, 2.24) is 20.5 Å². The van der Waals surface area contributed by atoms with Gasteiger partial charge in [-0.2, -0.15) is 5.10 Å². The average Bonchev–Trinajstić information content (AvgIpc) is 3.14. The molecular weight excluding hydrogens is 348 g/mol. The molecule has 26 heavy (non-hydrogen) atoms. The highest BCUT2D eigenvalue weighted by molar-refractivity contribution is 8.13. The first-order valence-electron chi connectivity index (χ1n) is 8.98. The van der Waals surface area contributed by atoms with Crippen molar-refractivity contribution in [3.63, 3.8) is 0 Å². The van der Waals surface area contributed by atoms with E-state index in [4.69, 9.17) is 0 Å². The van der Waals surface area contributed by atoms with Crippen LogP contribution in [0, 0.1) is 5.92 Å². The Labute approximate surface area is 158 Å². The summed E-state index contributed by atoms with van der Waals surface area (Å²) in [6.45, 7) is 4.50. The lowest BCUT2D eigenvalue weighted by molar-refractivity contribution is -0.113. The van der Waals surface area contributed by atoms with Crippen molar-refractivity contribution in [2.45, 2.75) is 39.5 Å². The molecule has 2 heterocycles. The van der Waals surface area contributed by atoms with Gasteiger partial charge in [0.2, 0.25) is 0 Å². The fraction of sp³-hybridized carbons (Fsp3) is 0.474. The molecule has 2 aromatic rings. The molecule has 0 bridgehead atoms. The number of rotatable bonds is 10. The molecule has 0 saturated heterocycles. The molecule has 0 spiro atoms. The highest BCUT2D eigenvalue weighted by atomic mass is 32.2. The molecule has 0 atom stereocenters. The summed E-state index contributed by atoms with van der Waals surface area (Å²) in [7, 11) is 0. The van der Waals surface area contributed by atoms with Crippen molar-refractivity contribution in [1.29, 1.82) is 0 Å². The Hall–Kier alpha value is -2.15. The molecule has 140 valence electrons. The molecule has 2 aromatic heterocycles. The number of pyridine rings is 1. The molecule has 0 aliphatic heterocycles. The van der Waals surface area contributed by atoms with E-state index in [1.165, 1.54) is 11.8 Å². The van der Waals surface area contributed by atoms with Crippen LogP contribution in [-0.2, 0) is 4.79 Å². The number of hydrogen-bond donors (Lipinski definition) is 2. The lowest BCUT2D eigenvalue weighted by Crippen LogP contribution is -2.24. The summed E-state index contributed by atoms with van der Waals surface area (Å²) in [5.74, 6) is 0.850. The molecule has 0 aromatic carbocycles. The first kappa shape index (κ1) is 20.2. The number of thioether (sulfide) groups is 1. The van der Waals surface area contributed by atoms with Crippen LogP contribution >= 0.6 is 11.8 Å². The molecular formula is C19H26N4O2S. The molecule has 2 rings (SSSR count). The van der Waals surface area contributed by atoms with E-state index >= 15 is 0 Å². The normalized spacial score (nSPS) is 10.9. The van der Waals surface area contributed by atoms with E-state index in [1.54, 1.807) is 18.5 Å². The molecule has 0 aliphatic carbocycles. The Morgan fingerprint density at radius 1 is 1.15 bits per heavy atom. The highest BCUT2D eigenvalue weighted by Crippen LogP contribution is 2.16. The van der Waals surface area contributed by atoms with Crippen LogP contribution in [0.2, 0.25) is 0 Å². The highest BCUT2D eigenvalue weighted by Gasteiger charge is 2.10. The Morgan fingerprint density at radius 2 is 1.88 bits per heavy atom. The third-order valence-electron chi connectivity index (χ3n) is 3.87. The Bertz CT molecular complexity index is 701. The van der Waals surface area contributed by atoms with Crippen LogP contribution in [0.25, 0.3) is 11.3 Å². The fourth-order valence-electron chi connectivity index (χ4n) is 2.33. The lowest BCUT2D eigenvalue weighted by Gasteiger charge is -2.05. The molecule has 2 N–H and O–H groups in total. The maximum Gasteiger partial charge on any atom is 0.269 e. The van der Waals surface area contributed by atoms with Crippen LogP contribution in [0.1, 0.15) is 50.0 Å². The molecule has 0 aliphatic rings. The van der Waals surface area contributed by atoms with Crippen molar-refractivity contribution in [2.24, 2.45) is 5.92 Å². The average molecular weight is 375 g/mol. The van der Waals surface area contributed by atoms with Gasteiger partial charge in [0, 0.05) is 36.2 Å². The number of carbonyl (C=O) groups excluding carboxylic acids is 2. The first-order chi connectivity index (χ1) is 12.6. The van der Waals surface area contributed by atoms with Crippen LogP contribution < -0.4 is 5.32 Å². The number of nitrogens with zero attached hydrogens (tertiary/aromatic N) is 2. The van der Waals surface area contributed by atoms with Crippen molar-refractivity contribution >= 4 is 22.8 Å². The van der Waals surface area contributed by atoms with Crippen molar-refractivity contribution in [2.75, 3.05) is 12.3 Å². The van der Waals surface area contributed by atoms with Crippen molar-refractivity contribution in [3.05, 3.63) is 36.3 Å². The van der Waals surface area contributed by atoms with E-state index in [1.807, 2.05) is 26.0 Å². The summed E-state index contributed by atoms with van der Waals surface area (Å²) in [5.41, 5.74) is 2.11. The summed E-state index contributed by atoms with van der Waals surface area (Å²) < 4.78 is 0. The van der Waals surface area contributed by atoms with Gasteiger partial charge in [-0.25, -0.2) is 0 Å². The van der Waals surface area contributed by atoms with Gasteiger partial charge in [-0.1, -0.05) is 38.5 Å². The number of amides is 1. The molecule has 6 nitrogen and oxygen atoms in total. The van der Waals surface area contributed by atoms with Crippen LogP contribution in [0.3, 0.4) is 0 Å². The van der Waals surface area contributed by atoms with Gasteiger partial charge in [0.05, 0.1) is 5.69 Å². The van der Waals surface area contributed by atoms with Gasteiger partial charge in [0.1, 0.15) is 5.69 Å². The topological polar surface area (TPSA) is 87.7 Å². The van der Waals surface area contributed by atoms with Gasteiger partial charge >= 0.3 is 0 Å². The van der Waals surface area contributed by atoms with Gasteiger partial charge in [0.15, 0.2) is 5.12 Å². The molecule has 0 radical (unpaired) electrons. The minimum Gasteiger partial charge on any atom is -0.351 e. The second-order valence-electron chi connectivity index (χ2n) is 6.40. The van der Waals surface area contributed by atoms with Crippen LogP contribution in [0.4, 0.5) is 0 Å². The van der Waals surface area contributed by atoms with Gasteiger partial charge in [0.25, 0.3) is 5.91 Å². The number of unbranched alkanes of at least 4 members (excludes halogenated alkanes) is 3. The minimum atomic E-state index is -0.143. The van der Waals surface area contributed by atoms with Crippen LogP contribution in [0.5, 0.6) is 0 Å². The third kappa shape index (κ3) is 6.63. The summed E-state index contributed by atoms with van der Waals surface area (Å²) >= 11 is 1.43. The maximum atomic E-state index is 12.1. The smallest absolute Gasteiger partial charge is 0.269 e. The molecule has 0 unspecified atom stereocenters. The largest absolute Gasteiger partial charge is 0.351 e. The third-order valence-corrected chi connectivity index (χ3v) is 5.12. The SMILES string of the molecule is CC(C)C(=O)SCCCCCCNC(=O)c1cc(-c2ccncc2)n[nH]1. The summed E-state index contributed by atoms with van der Waals surface area (Å²) in [4.78, 5) is 27.6. The monoisotopic (exact) mass is 374 g/mol. The van der Waals surface area contributed by atoms with Crippen LogP contribution in [0.15, 0.2) is 30.6 Å². The fourth-order valence-corrected chi connectivity index (χ4v) is 3.21. The maximum absolute atomic E-state index is 12.1. The first-order valence-corrected chi connectivity index (χ1v) is 9.97. The van der Waals surface area contributed by atoms with Crippen molar-refractivity contribution < 1.29 is 9.59 Å².